The van der Waals surface area contributed by atoms with Crippen LogP contribution in [0.2, 0.25) is 0 Å². The first kappa shape index (κ1) is 15.8. The number of anilines is 1. The van der Waals surface area contributed by atoms with E-state index in [9.17, 15) is 13.2 Å². The summed E-state index contributed by atoms with van der Waals surface area (Å²) >= 11 is 0. The molecule has 6 nitrogen and oxygen atoms in total. The van der Waals surface area contributed by atoms with Gasteiger partial charge in [-0.3, -0.25) is 4.79 Å². The number of hydrogen-bond donors (Lipinski definition) is 2. The van der Waals surface area contributed by atoms with Crippen LogP contribution in [0.4, 0.5) is 5.69 Å². The van der Waals surface area contributed by atoms with Gasteiger partial charge in [-0.15, -0.1) is 0 Å². The number of carbonyl (C=O) groups is 1. The Balaban J connectivity index is 2.11. The Kier molecular flexibility index (Phi) is 4.53. The monoisotopic (exact) mass is 311 g/mol. The van der Waals surface area contributed by atoms with Crippen molar-refractivity contribution in [3.63, 3.8) is 0 Å². The zero-order valence-corrected chi connectivity index (χ0v) is 13.1. The number of nitrogens with zero attached hydrogens (tertiary/aromatic N) is 1. The molecule has 0 unspecified atom stereocenters. The third-order valence-corrected chi connectivity index (χ3v) is 5.63. The average molecular weight is 311 g/mol. The van der Waals surface area contributed by atoms with Crippen LogP contribution in [0.25, 0.3) is 0 Å². The molecule has 1 saturated heterocycles. The van der Waals surface area contributed by atoms with Gasteiger partial charge in [0.25, 0.3) is 0 Å². The summed E-state index contributed by atoms with van der Waals surface area (Å²) in [6.07, 6.45) is 1.26. The molecule has 116 valence electrons. The Bertz CT molecular complexity index is 635. The lowest BCUT2D eigenvalue weighted by atomic mass is 10.1. The third kappa shape index (κ3) is 3.54. The summed E-state index contributed by atoms with van der Waals surface area (Å²) < 4.78 is 26.6. The Morgan fingerprint density at radius 2 is 1.95 bits per heavy atom. The van der Waals surface area contributed by atoms with E-state index in [1.807, 2.05) is 0 Å². The second-order valence-electron chi connectivity index (χ2n) is 5.40. The number of sulfonamides is 1. The van der Waals surface area contributed by atoms with E-state index in [2.05, 4.69) is 5.32 Å². The summed E-state index contributed by atoms with van der Waals surface area (Å²) in [6.45, 7) is 4.09. The van der Waals surface area contributed by atoms with Gasteiger partial charge in [0.15, 0.2) is 0 Å². The maximum atomic E-state index is 12.6. The van der Waals surface area contributed by atoms with Crippen molar-refractivity contribution in [2.75, 3.05) is 18.8 Å². The summed E-state index contributed by atoms with van der Waals surface area (Å²) in [5.41, 5.74) is 7.06. The van der Waals surface area contributed by atoms with Gasteiger partial charge in [0.05, 0.1) is 4.90 Å². The Morgan fingerprint density at radius 3 is 2.48 bits per heavy atom. The van der Waals surface area contributed by atoms with Crippen LogP contribution in [-0.4, -0.2) is 37.8 Å². The molecule has 1 fully saturated rings. The van der Waals surface area contributed by atoms with Crippen LogP contribution < -0.4 is 11.1 Å². The minimum Gasteiger partial charge on any atom is -0.399 e. The van der Waals surface area contributed by atoms with E-state index in [1.54, 1.807) is 19.1 Å². The highest BCUT2D eigenvalue weighted by atomic mass is 32.2. The van der Waals surface area contributed by atoms with Gasteiger partial charge in [-0.25, -0.2) is 8.42 Å². The number of piperidine rings is 1. The van der Waals surface area contributed by atoms with Gasteiger partial charge in [0, 0.05) is 31.7 Å². The van der Waals surface area contributed by atoms with E-state index >= 15 is 0 Å². The Labute approximate surface area is 125 Å². The molecule has 0 atom stereocenters. The number of hydrogen-bond acceptors (Lipinski definition) is 4. The zero-order valence-electron chi connectivity index (χ0n) is 12.3. The predicted octanol–water partition coefficient (Wildman–Crippen LogP) is 0.866. The van der Waals surface area contributed by atoms with Crippen LogP contribution in [0, 0.1) is 6.92 Å². The fourth-order valence-corrected chi connectivity index (χ4v) is 4.04. The maximum Gasteiger partial charge on any atom is 0.243 e. The molecular weight excluding hydrogens is 290 g/mol. The van der Waals surface area contributed by atoms with Crippen LogP contribution in [0.15, 0.2) is 23.1 Å². The highest BCUT2D eigenvalue weighted by Gasteiger charge is 2.29. The minimum absolute atomic E-state index is 0.0575. The van der Waals surface area contributed by atoms with Crippen molar-refractivity contribution in [3.8, 4) is 0 Å². The molecule has 7 heteroatoms. The molecule has 0 radical (unpaired) electrons. The normalized spacial score (nSPS) is 17.6. The fraction of sp³-hybridized carbons (Fsp3) is 0.500. The van der Waals surface area contributed by atoms with Gasteiger partial charge < -0.3 is 11.1 Å². The van der Waals surface area contributed by atoms with Crippen molar-refractivity contribution in [1.29, 1.82) is 0 Å². The predicted molar refractivity (Wildman–Crippen MR) is 81.2 cm³/mol. The second kappa shape index (κ2) is 6.03. The van der Waals surface area contributed by atoms with Crippen molar-refractivity contribution < 1.29 is 13.2 Å². The summed E-state index contributed by atoms with van der Waals surface area (Å²) in [5, 5.41) is 2.83. The number of benzene rings is 1. The molecule has 21 heavy (non-hydrogen) atoms. The molecule has 1 aliphatic heterocycles. The molecule has 2 rings (SSSR count). The third-order valence-electron chi connectivity index (χ3n) is 3.74. The van der Waals surface area contributed by atoms with Crippen molar-refractivity contribution in [2.45, 2.75) is 37.6 Å². The number of aryl methyl sites for hydroxylation is 1. The summed E-state index contributed by atoms with van der Waals surface area (Å²) in [5.74, 6) is -0.0783. The topological polar surface area (TPSA) is 92.5 Å². The van der Waals surface area contributed by atoms with Gasteiger partial charge in [-0.2, -0.15) is 4.31 Å². The highest BCUT2D eigenvalue weighted by Crippen LogP contribution is 2.23. The fourth-order valence-electron chi connectivity index (χ4n) is 2.49. The smallest absolute Gasteiger partial charge is 0.243 e. The lowest BCUT2D eigenvalue weighted by Gasteiger charge is -2.31. The number of amides is 1. The first-order chi connectivity index (χ1) is 9.80. The Morgan fingerprint density at radius 1 is 1.33 bits per heavy atom. The van der Waals surface area contributed by atoms with Crippen molar-refractivity contribution in [3.05, 3.63) is 23.8 Å². The molecule has 1 aromatic rings. The molecule has 1 aromatic carbocycles. The number of nitrogens with one attached hydrogen (secondary N) is 1. The largest absolute Gasteiger partial charge is 0.399 e. The first-order valence-corrected chi connectivity index (χ1v) is 8.38. The van der Waals surface area contributed by atoms with E-state index < -0.39 is 10.0 Å². The molecule has 0 saturated carbocycles. The first-order valence-electron chi connectivity index (χ1n) is 6.94. The lowest BCUT2D eigenvalue weighted by molar-refractivity contribution is -0.119. The van der Waals surface area contributed by atoms with Crippen LogP contribution in [-0.2, 0) is 14.8 Å². The van der Waals surface area contributed by atoms with E-state index in [0.717, 1.165) is 5.56 Å². The molecule has 0 bridgehead atoms. The number of carbonyl (C=O) groups excluding carboxylic acids is 1. The van der Waals surface area contributed by atoms with Crippen LogP contribution in [0.1, 0.15) is 25.3 Å². The van der Waals surface area contributed by atoms with Gasteiger partial charge in [0.2, 0.25) is 15.9 Å². The molecular formula is C14H21N3O3S. The van der Waals surface area contributed by atoms with Crippen LogP contribution in [0.5, 0.6) is 0 Å². The second-order valence-corrected chi connectivity index (χ2v) is 7.34. The maximum absolute atomic E-state index is 12.6. The molecule has 3 N–H and O–H groups in total. The van der Waals surface area contributed by atoms with Crippen LogP contribution in [0.3, 0.4) is 0 Å². The summed E-state index contributed by atoms with van der Waals surface area (Å²) in [7, 11) is -3.49. The molecule has 0 aromatic heterocycles. The van der Waals surface area contributed by atoms with Gasteiger partial charge in [-0.1, -0.05) is 0 Å². The van der Waals surface area contributed by atoms with E-state index in [1.165, 1.54) is 17.3 Å². The minimum atomic E-state index is -3.49. The molecule has 1 amide bonds. The van der Waals surface area contributed by atoms with Crippen LogP contribution >= 0.6 is 0 Å². The summed E-state index contributed by atoms with van der Waals surface area (Å²) in [6, 6.07) is 4.82. The Hall–Kier alpha value is -1.60. The highest BCUT2D eigenvalue weighted by molar-refractivity contribution is 7.89. The van der Waals surface area contributed by atoms with E-state index in [4.69, 9.17) is 5.73 Å². The van der Waals surface area contributed by atoms with Gasteiger partial charge in [0.1, 0.15) is 0 Å². The summed E-state index contributed by atoms with van der Waals surface area (Å²) in [4.78, 5) is 11.3. The quantitative estimate of drug-likeness (QED) is 0.810. The zero-order chi connectivity index (χ0) is 15.6. The van der Waals surface area contributed by atoms with Crippen molar-refractivity contribution >= 4 is 21.6 Å². The molecule has 1 aliphatic rings. The standard InChI is InChI=1S/C14H21N3O3S/c1-10-9-13(3-4-14(10)15)21(19,20)17-7-5-12(6-8-17)16-11(2)18/h3-4,9,12H,5-8,15H2,1-2H3,(H,16,18). The van der Waals surface area contributed by atoms with Crippen molar-refractivity contribution in [2.24, 2.45) is 0 Å². The average Bonchev–Trinajstić information content (AvgIpc) is 2.41. The number of nitrogen functional groups attached to an aromatic ring is 1. The van der Waals surface area contributed by atoms with Gasteiger partial charge >= 0.3 is 0 Å². The molecule has 0 spiro atoms. The van der Waals surface area contributed by atoms with E-state index in [-0.39, 0.29) is 16.8 Å². The SMILES string of the molecule is CC(=O)NC1CCN(S(=O)(=O)c2ccc(N)c(C)c2)CC1. The van der Waals surface area contributed by atoms with Gasteiger partial charge in [-0.05, 0) is 43.5 Å². The number of rotatable bonds is 3. The lowest BCUT2D eigenvalue weighted by Crippen LogP contribution is -2.46. The number of nitrogens with two attached hydrogens (primary N) is 1. The van der Waals surface area contributed by atoms with E-state index in [0.29, 0.717) is 31.6 Å². The molecule has 0 aliphatic carbocycles. The van der Waals surface area contributed by atoms with Crippen molar-refractivity contribution in [1.82, 2.24) is 9.62 Å². The molecule has 1 heterocycles.